The second-order valence-corrected chi connectivity index (χ2v) is 4.80. The minimum Gasteiger partial charge on any atom is -0.473 e. The van der Waals surface area contributed by atoms with Crippen molar-refractivity contribution in [2.45, 2.75) is 18.9 Å². The third kappa shape index (κ3) is 1.88. The average Bonchev–Trinajstić information content (AvgIpc) is 2.80. The van der Waals surface area contributed by atoms with Crippen LogP contribution in [-0.4, -0.2) is 29.2 Å². The van der Waals surface area contributed by atoms with E-state index in [1.54, 1.807) is 17.7 Å². The number of rotatable bonds is 2. The molecule has 2 aromatic heterocycles. The zero-order valence-electron chi connectivity index (χ0n) is 8.85. The van der Waals surface area contributed by atoms with Gasteiger partial charge in [0.1, 0.15) is 17.1 Å². The van der Waals surface area contributed by atoms with Crippen LogP contribution in [0.5, 0.6) is 5.88 Å². The summed E-state index contributed by atoms with van der Waals surface area (Å²) in [4.78, 5) is 8.43. The minimum atomic E-state index is 0.293. The van der Waals surface area contributed by atoms with Crippen LogP contribution in [0.3, 0.4) is 0 Å². The Kier molecular flexibility index (Phi) is 2.71. The molecule has 1 fully saturated rings. The molecular weight excluding hydrogens is 222 g/mol. The monoisotopic (exact) mass is 235 g/mol. The van der Waals surface area contributed by atoms with E-state index in [0.29, 0.717) is 6.10 Å². The second kappa shape index (κ2) is 4.35. The standard InChI is InChI=1S/C11H13N3OS/c1-4-12-5-2-8(1)15-11-10-9(3-6-16-10)13-7-14-11/h3,6-8,12H,1-2,4-5H2. The van der Waals surface area contributed by atoms with E-state index in [1.165, 1.54) is 0 Å². The third-order valence-electron chi connectivity index (χ3n) is 2.77. The van der Waals surface area contributed by atoms with Crippen molar-refractivity contribution >= 4 is 21.6 Å². The molecule has 0 radical (unpaired) electrons. The fourth-order valence-corrected chi connectivity index (χ4v) is 2.70. The molecule has 0 unspecified atom stereocenters. The summed E-state index contributed by atoms with van der Waals surface area (Å²) in [5, 5.41) is 5.34. The van der Waals surface area contributed by atoms with Gasteiger partial charge in [-0.2, -0.15) is 0 Å². The molecule has 0 spiro atoms. The topological polar surface area (TPSA) is 47.0 Å². The second-order valence-electron chi connectivity index (χ2n) is 3.88. The minimum absolute atomic E-state index is 0.293. The molecule has 0 bridgehead atoms. The highest BCUT2D eigenvalue weighted by Crippen LogP contribution is 2.28. The van der Waals surface area contributed by atoms with Crippen molar-refractivity contribution in [1.82, 2.24) is 15.3 Å². The molecule has 1 aliphatic heterocycles. The molecule has 1 aliphatic rings. The molecule has 1 saturated heterocycles. The molecule has 3 rings (SSSR count). The highest BCUT2D eigenvalue weighted by molar-refractivity contribution is 7.17. The van der Waals surface area contributed by atoms with Crippen LogP contribution in [0.15, 0.2) is 17.8 Å². The Morgan fingerprint density at radius 2 is 2.19 bits per heavy atom. The predicted octanol–water partition coefficient (Wildman–Crippen LogP) is 1.82. The van der Waals surface area contributed by atoms with Gasteiger partial charge in [-0.3, -0.25) is 0 Å². The normalized spacial score (nSPS) is 17.8. The van der Waals surface area contributed by atoms with Gasteiger partial charge in [0.15, 0.2) is 0 Å². The van der Waals surface area contributed by atoms with Crippen LogP contribution in [0.2, 0.25) is 0 Å². The molecule has 1 N–H and O–H groups in total. The number of piperidine rings is 1. The van der Waals surface area contributed by atoms with Gasteiger partial charge >= 0.3 is 0 Å². The maximum atomic E-state index is 5.95. The first kappa shape index (κ1) is 9.99. The van der Waals surface area contributed by atoms with Crippen molar-refractivity contribution in [3.05, 3.63) is 17.8 Å². The molecule has 5 heteroatoms. The summed E-state index contributed by atoms with van der Waals surface area (Å²) in [7, 11) is 0. The number of aromatic nitrogens is 2. The highest BCUT2D eigenvalue weighted by atomic mass is 32.1. The predicted molar refractivity (Wildman–Crippen MR) is 63.9 cm³/mol. The summed E-state index contributed by atoms with van der Waals surface area (Å²) in [6.45, 7) is 2.06. The maximum absolute atomic E-state index is 5.95. The lowest BCUT2D eigenvalue weighted by atomic mass is 10.1. The van der Waals surface area contributed by atoms with Crippen LogP contribution in [0.1, 0.15) is 12.8 Å². The number of hydrogen-bond donors (Lipinski definition) is 1. The van der Waals surface area contributed by atoms with E-state index in [1.807, 2.05) is 11.4 Å². The number of hydrogen-bond acceptors (Lipinski definition) is 5. The van der Waals surface area contributed by atoms with Crippen LogP contribution in [0.4, 0.5) is 0 Å². The van der Waals surface area contributed by atoms with Crippen LogP contribution in [0, 0.1) is 0 Å². The van der Waals surface area contributed by atoms with E-state index >= 15 is 0 Å². The lowest BCUT2D eigenvalue weighted by Gasteiger charge is -2.23. The summed E-state index contributed by atoms with van der Waals surface area (Å²) >= 11 is 1.64. The number of nitrogens with one attached hydrogen (secondary N) is 1. The Labute approximate surface area is 97.7 Å². The van der Waals surface area contributed by atoms with Crippen molar-refractivity contribution in [2.75, 3.05) is 13.1 Å². The zero-order valence-corrected chi connectivity index (χ0v) is 9.67. The van der Waals surface area contributed by atoms with E-state index < -0.39 is 0 Å². The van der Waals surface area contributed by atoms with Gasteiger partial charge in [-0.25, -0.2) is 9.97 Å². The molecular formula is C11H13N3OS. The largest absolute Gasteiger partial charge is 0.473 e. The first-order valence-electron chi connectivity index (χ1n) is 5.49. The van der Waals surface area contributed by atoms with E-state index in [9.17, 15) is 0 Å². The molecule has 0 saturated carbocycles. The summed E-state index contributed by atoms with van der Waals surface area (Å²) < 4.78 is 7.00. The number of fused-ring (bicyclic) bond motifs is 1. The van der Waals surface area contributed by atoms with E-state index in [-0.39, 0.29) is 0 Å². The van der Waals surface area contributed by atoms with Gasteiger partial charge in [-0.15, -0.1) is 11.3 Å². The Hall–Kier alpha value is -1.20. The highest BCUT2D eigenvalue weighted by Gasteiger charge is 2.16. The molecule has 0 amide bonds. The SMILES string of the molecule is c1nc(OC2CCNCC2)c2sccc2n1. The van der Waals surface area contributed by atoms with Crippen LogP contribution in [0.25, 0.3) is 10.2 Å². The van der Waals surface area contributed by atoms with Crippen molar-refractivity contribution in [3.63, 3.8) is 0 Å². The summed E-state index contributed by atoms with van der Waals surface area (Å²) in [6.07, 6.45) is 3.97. The Balaban J connectivity index is 1.85. The summed E-state index contributed by atoms with van der Waals surface area (Å²) in [5.41, 5.74) is 0.976. The lowest BCUT2D eigenvalue weighted by molar-refractivity contribution is 0.158. The fourth-order valence-electron chi connectivity index (χ4n) is 1.92. The van der Waals surface area contributed by atoms with Crippen LogP contribution >= 0.6 is 11.3 Å². The Bertz CT molecular complexity index is 479. The van der Waals surface area contributed by atoms with Crippen molar-refractivity contribution in [1.29, 1.82) is 0 Å². The van der Waals surface area contributed by atoms with Crippen LogP contribution < -0.4 is 10.1 Å². The van der Waals surface area contributed by atoms with Gasteiger partial charge in [-0.1, -0.05) is 0 Å². The number of thiophene rings is 1. The number of nitrogens with zero attached hydrogens (tertiary/aromatic N) is 2. The van der Waals surface area contributed by atoms with E-state index in [2.05, 4.69) is 15.3 Å². The van der Waals surface area contributed by atoms with Crippen molar-refractivity contribution in [3.8, 4) is 5.88 Å². The smallest absolute Gasteiger partial charge is 0.235 e. The Morgan fingerprint density at radius 1 is 1.31 bits per heavy atom. The van der Waals surface area contributed by atoms with Gasteiger partial charge in [-0.05, 0) is 37.4 Å². The number of ether oxygens (including phenoxy) is 1. The third-order valence-corrected chi connectivity index (χ3v) is 3.67. The molecule has 0 aliphatic carbocycles. The molecule has 84 valence electrons. The Morgan fingerprint density at radius 3 is 3.06 bits per heavy atom. The maximum Gasteiger partial charge on any atom is 0.235 e. The van der Waals surface area contributed by atoms with Gasteiger partial charge in [0.25, 0.3) is 0 Å². The molecule has 0 aromatic carbocycles. The van der Waals surface area contributed by atoms with Gasteiger partial charge < -0.3 is 10.1 Å². The molecule has 3 heterocycles. The van der Waals surface area contributed by atoms with Gasteiger partial charge in [0.2, 0.25) is 5.88 Å². The first-order valence-corrected chi connectivity index (χ1v) is 6.37. The zero-order chi connectivity index (χ0) is 10.8. The van der Waals surface area contributed by atoms with Gasteiger partial charge in [0.05, 0.1) is 5.52 Å². The molecule has 4 nitrogen and oxygen atoms in total. The molecule has 16 heavy (non-hydrogen) atoms. The molecule has 0 atom stereocenters. The van der Waals surface area contributed by atoms with Crippen molar-refractivity contribution < 1.29 is 4.74 Å². The van der Waals surface area contributed by atoms with E-state index in [4.69, 9.17) is 4.74 Å². The van der Waals surface area contributed by atoms with Crippen molar-refractivity contribution in [2.24, 2.45) is 0 Å². The van der Waals surface area contributed by atoms with Gasteiger partial charge in [0, 0.05) is 0 Å². The molecule has 2 aromatic rings. The lowest BCUT2D eigenvalue weighted by Crippen LogP contribution is -2.34. The summed E-state index contributed by atoms with van der Waals surface area (Å²) in [6, 6.07) is 2.00. The quantitative estimate of drug-likeness (QED) is 0.862. The summed E-state index contributed by atoms with van der Waals surface area (Å²) in [5.74, 6) is 0.742. The average molecular weight is 235 g/mol. The first-order chi connectivity index (χ1) is 7.93. The fraction of sp³-hybridized carbons (Fsp3) is 0.455. The van der Waals surface area contributed by atoms with E-state index in [0.717, 1.165) is 42.0 Å². The van der Waals surface area contributed by atoms with Crippen LogP contribution in [-0.2, 0) is 0 Å².